The molecule has 0 aliphatic heterocycles. The molecule has 35 heavy (non-hydrogen) atoms. The van der Waals surface area contributed by atoms with Crippen LogP contribution in [-0.4, -0.2) is 44.8 Å². The number of halogens is 1. The Balaban J connectivity index is 1.79. The van der Waals surface area contributed by atoms with Gasteiger partial charge in [0.15, 0.2) is 11.6 Å². The van der Waals surface area contributed by atoms with Crippen LogP contribution in [0.15, 0.2) is 53.3 Å². The largest absolute Gasteiger partial charge is 0.480 e. The second-order valence-electron chi connectivity index (χ2n) is 9.18. The van der Waals surface area contributed by atoms with Crippen LogP contribution in [0.5, 0.6) is 0 Å². The number of benzene rings is 1. The van der Waals surface area contributed by atoms with E-state index >= 15 is 0 Å². The second kappa shape index (κ2) is 11.2. The Hall–Kier alpha value is -2.95. The van der Waals surface area contributed by atoms with Crippen molar-refractivity contribution in [2.75, 3.05) is 0 Å². The number of carbonyl (C=O) groups excluding carboxylic acids is 2. The van der Waals surface area contributed by atoms with Gasteiger partial charge >= 0.3 is 5.97 Å². The maximum atomic E-state index is 13.0. The molecule has 0 spiro atoms. The number of nitrogens with zero attached hydrogens (tertiary/aromatic N) is 2. The molecule has 0 radical (unpaired) electrons. The summed E-state index contributed by atoms with van der Waals surface area (Å²) in [6, 6.07) is 8.69. The van der Waals surface area contributed by atoms with E-state index in [1.165, 1.54) is 11.3 Å². The molecule has 3 rings (SSSR count). The van der Waals surface area contributed by atoms with Crippen LogP contribution >= 0.6 is 27.3 Å². The summed E-state index contributed by atoms with van der Waals surface area (Å²) in [5.74, 6) is -1.54. The van der Waals surface area contributed by atoms with Crippen LogP contribution in [0, 0.1) is 0 Å². The third-order valence-electron chi connectivity index (χ3n) is 5.27. The molecule has 8 nitrogen and oxygen atoms in total. The molecule has 0 bridgehead atoms. The number of carboxylic acids is 1. The van der Waals surface area contributed by atoms with Crippen molar-refractivity contribution in [3.05, 3.63) is 68.6 Å². The Morgan fingerprint density at radius 3 is 2.26 bits per heavy atom. The first-order valence-corrected chi connectivity index (χ1v) is 12.5. The van der Waals surface area contributed by atoms with Crippen LogP contribution in [0.4, 0.5) is 0 Å². The molecule has 184 valence electrons. The number of aromatic nitrogens is 2. The van der Waals surface area contributed by atoms with Crippen molar-refractivity contribution < 1.29 is 19.5 Å². The molecule has 3 aromatic rings. The molecule has 0 saturated heterocycles. The summed E-state index contributed by atoms with van der Waals surface area (Å²) in [4.78, 5) is 47.1. The summed E-state index contributed by atoms with van der Waals surface area (Å²) in [6.45, 7) is 6.18. The van der Waals surface area contributed by atoms with Gasteiger partial charge in [0.1, 0.15) is 6.04 Å². The zero-order valence-electron chi connectivity index (χ0n) is 19.6. The zero-order valence-corrected chi connectivity index (χ0v) is 22.0. The lowest BCUT2D eigenvalue weighted by molar-refractivity contribution is -0.140. The fourth-order valence-corrected chi connectivity index (χ4v) is 4.44. The number of hydrogen-bond donors (Lipinski definition) is 3. The van der Waals surface area contributed by atoms with Gasteiger partial charge < -0.3 is 16.2 Å². The van der Waals surface area contributed by atoms with Crippen molar-refractivity contribution in [2.24, 2.45) is 5.73 Å². The normalized spacial score (nSPS) is 13.2. The van der Waals surface area contributed by atoms with Gasteiger partial charge in [-0.1, -0.05) is 45.0 Å². The van der Waals surface area contributed by atoms with Crippen LogP contribution in [0.2, 0.25) is 0 Å². The summed E-state index contributed by atoms with van der Waals surface area (Å²) >= 11 is 4.67. The van der Waals surface area contributed by atoms with Gasteiger partial charge in [-0.15, -0.1) is 11.3 Å². The predicted molar refractivity (Wildman–Crippen MR) is 138 cm³/mol. The minimum atomic E-state index is -1.34. The van der Waals surface area contributed by atoms with E-state index in [2.05, 4.69) is 52.0 Å². The zero-order chi connectivity index (χ0) is 25.8. The fraction of sp³-hybridized carbons (Fsp3) is 0.320. The van der Waals surface area contributed by atoms with Crippen molar-refractivity contribution in [1.29, 1.82) is 0 Å². The number of rotatable bonds is 9. The number of Topliss-reactive ketones (excluding diaryl/α,β-unsaturated/α-hetero) is 1. The molecular formula is C25H27BrN4O4S. The number of ketones is 1. The Morgan fingerprint density at radius 1 is 1.09 bits per heavy atom. The molecule has 4 N–H and O–H groups in total. The van der Waals surface area contributed by atoms with E-state index < -0.39 is 23.8 Å². The summed E-state index contributed by atoms with van der Waals surface area (Å²) in [6.07, 6.45) is 3.11. The van der Waals surface area contributed by atoms with Gasteiger partial charge in [0.05, 0.1) is 15.4 Å². The summed E-state index contributed by atoms with van der Waals surface area (Å²) in [7, 11) is 0. The van der Waals surface area contributed by atoms with Gasteiger partial charge in [0.25, 0.3) is 5.91 Å². The van der Waals surface area contributed by atoms with Gasteiger partial charge in [0, 0.05) is 29.3 Å². The van der Waals surface area contributed by atoms with Gasteiger partial charge in [-0.2, -0.15) is 0 Å². The molecule has 1 amide bonds. The van der Waals surface area contributed by atoms with Crippen molar-refractivity contribution in [3.8, 4) is 11.4 Å². The van der Waals surface area contributed by atoms with Crippen LogP contribution in [-0.2, 0) is 21.4 Å². The maximum Gasteiger partial charge on any atom is 0.320 e. The molecular weight excluding hydrogens is 532 g/mol. The summed E-state index contributed by atoms with van der Waals surface area (Å²) in [5.41, 5.74) is 7.07. The Labute approximate surface area is 216 Å². The molecule has 2 heterocycles. The Bertz CT molecular complexity index is 1200. The first-order chi connectivity index (χ1) is 16.4. The third kappa shape index (κ3) is 7.27. The first kappa shape index (κ1) is 26.7. The van der Waals surface area contributed by atoms with E-state index in [0.29, 0.717) is 10.7 Å². The molecule has 0 aliphatic carbocycles. The number of aliphatic carboxylic acids is 1. The lowest BCUT2D eigenvalue weighted by atomic mass is 9.95. The highest BCUT2D eigenvalue weighted by Gasteiger charge is 2.27. The Morgan fingerprint density at radius 2 is 1.71 bits per heavy atom. The van der Waals surface area contributed by atoms with E-state index in [4.69, 9.17) is 10.8 Å². The minimum absolute atomic E-state index is 0.104. The number of carbonyl (C=O) groups is 3. The molecule has 2 atom stereocenters. The third-order valence-corrected chi connectivity index (χ3v) is 7.19. The number of nitrogens with one attached hydrogen (secondary N) is 1. The van der Waals surface area contributed by atoms with E-state index in [-0.39, 0.29) is 24.2 Å². The van der Waals surface area contributed by atoms with E-state index in [1.807, 2.05) is 30.3 Å². The number of amides is 1. The van der Waals surface area contributed by atoms with Crippen molar-refractivity contribution in [1.82, 2.24) is 15.3 Å². The highest BCUT2D eigenvalue weighted by atomic mass is 79.9. The summed E-state index contributed by atoms with van der Waals surface area (Å²) in [5, 5.41) is 11.9. The number of thiophene rings is 1. The van der Waals surface area contributed by atoms with Gasteiger partial charge in [-0.3, -0.25) is 14.4 Å². The standard InChI is InChI=1S/C25H27BrN4O4S/c1-25(2,3)21-9-8-20(35-21)23(32)30-18(19(31)11-17(27)24(33)34)10-14-4-6-15(7-5-14)22-28-12-16(26)13-29-22/h4-9,12-13,17-18H,10-11,27H2,1-3H3,(H,30,32)(H,33,34)/t17-,18?/m0/s1. The molecule has 1 aromatic carbocycles. The predicted octanol–water partition coefficient (Wildman–Crippen LogP) is 3.98. The average molecular weight is 559 g/mol. The van der Waals surface area contributed by atoms with E-state index in [1.54, 1.807) is 18.5 Å². The highest BCUT2D eigenvalue weighted by Crippen LogP contribution is 2.29. The number of hydrogen-bond acceptors (Lipinski definition) is 7. The quantitative estimate of drug-likeness (QED) is 0.361. The fourth-order valence-electron chi connectivity index (χ4n) is 3.27. The number of nitrogens with two attached hydrogens (primary N) is 1. The monoisotopic (exact) mass is 558 g/mol. The van der Waals surface area contributed by atoms with Crippen LogP contribution in [0.3, 0.4) is 0 Å². The average Bonchev–Trinajstić information content (AvgIpc) is 3.31. The van der Waals surface area contributed by atoms with Crippen LogP contribution in [0.1, 0.15) is 47.3 Å². The molecule has 1 unspecified atom stereocenters. The lowest BCUT2D eigenvalue weighted by Gasteiger charge is -2.19. The molecule has 0 aliphatic rings. The second-order valence-corrected chi connectivity index (χ2v) is 11.2. The minimum Gasteiger partial charge on any atom is -0.480 e. The van der Waals surface area contributed by atoms with E-state index in [0.717, 1.165) is 20.5 Å². The van der Waals surface area contributed by atoms with Crippen LogP contribution < -0.4 is 11.1 Å². The van der Waals surface area contributed by atoms with Gasteiger partial charge in [-0.25, -0.2) is 9.97 Å². The highest BCUT2D eigenvalue weighted by molar-refractivity contribution is 9.10. The topological polar surface area (TPSA) is 135 Å². The Kier molecular flexibility index (Phi) is 8.52. The summed E-state index contributed by atoms with van der Waals surface area (Å²) < 4.78 is 0.773. The van der Waals surface area contributed by atoms with Crippen molar-refractivity contribution in [3.63, 3.8) is 0 Å². The van der Waals surface area contributed by atoms with E-state index in [9.17, 15) is 14.4 Å². The molecule has 0 saturated carbocycles. The SMILES string of the molecule is CC(C)(C)c1ccc(C(=O)NC(Cc2ccc(-c3ncc(Br)cn3)cc2)C(=O)C[C@H](N)C(=O)O)s1. The van der Waals surface area contributed by atoms with Crippen LogP contribution in [0.25, 0.3) is 11.4 Å². The smallest absolute Gasteiger partial charge is 0.320 e. The molecule has 10 heteroatoms. The lowest BCUT2D eigenvalue weighted by Crippen LogP contribution is -2.45. The number of carboxylic acid groups (broad SMARTS) is 1. The first-order valence-electron chi connectivity index (χ1n) is 10.9. The molecule has 0 fully saturated rings. The van der Waals surface area contributed by atoms with Gasteiger partial charge in [-0.05, 0) is 45.5 Å². The van der Waals surface area contributed by atoms with Gasteiger partial charge in [0.2, 0.25) is 0 Å². The molecule has 2 aromatic heterocycles. The van der Waals surface area contributed by atoms with Crippen molar-refractivity contribution >= 4 is 44.9 Å². The maximum absolute atomic E-state index is 13.0. The van der Waals surface area contributed by atoms with Crippen molar-refractivity contribution in [2.45, 2.75) is 51.1 Å².